The van der Waals surface area contributed by atoms with E-state index in [2.05, 4.69) is 42.9 Å². The van der Waals surface area contributed by atoms with Crippen molar-refractivity contribution in [2.24, 2.45) is 5.92 Å². The molecule has 1 unspecified atom stereocenters. The molecule has 0 spiro atoms. The van der Waals surface area contributed by atoms with E-state index in [0.717, 1.165) is 38.4 Å². The molecule has 0 saturated carbocycles. The molecule has 1 atom stereocenters. The number of aromatic nitrogens is 2. The van der Waals surface area contributed by atoms with E-state index < -0.39 is 0 Å². The Hall–Kier alpha value is -0.870. The third kappa shape index (κ3) is 3.12. The third-order valence-electron chi connectivity index (χ3n) is 3.70. The zero-order chi connectivity index (χ0) is 13.1. The molecule has 1 aromatic heterocycles. The summed E-state index contributed by atoms with van der Waals surface area (Å²) in [7, 11) is 0. The Labute approximate surface area is 110 Å². The fourth-order valence-electron chi connectivity index (χ4n) is 2.55. The first-order valence-corrected chi connectivity index (χ1v) is 7.08. The van der Waals surface area contributed by atoms with Crippen LogP contribution in [0.1, 0.15) is 44.0 Å². The van der Waals surface area contributed by atoms with Crippen LogP contribution < -0.4 is 5.32 Å². The molecule has 0 aliphatic carbocycles. The summed E-state index contributed by atoms with van der Waals surface area (Å²) in [5, 5.41) is 3.39. The van der Waals surface area contributed by atoms with E-state index in [0.29, 0.717) is 12.0 Å². The summed E-state index contributed by atoms with van der Waals surface area (Å²) < 4.78 is 0. The SMILES string of the molecule is Cc1[nH]c(C(C)N2CCNCC2)nc1CC(C)C. The highest BCUT2D eigenvalue weighted by Gasteiger charge is 2.21. The first-order valence-electron chi connectivity index (χ1n) is 7.08. The molecule has 0 radical (unpaired) electrons. The molecule has 0 amide bonds. The van der Waals surface area contributed by atoms with Gasteiger partial charge in [-0.25, -0.2) is 4.98 Å². The number of aryl methyl sites for hydroxylation is 1. The Morgan fingerprint density at radius 1 is 1.22 bits per heavy atom. The number of hydrogen-bond acceptors (Lipinski definition) is 3. The first-order chi connectivity index (χ1) is 8.58. The van der Waals surface area contributed by atoms with Gasteiger partial charge in [-0.2, -0.15) is 0 Å². The average Bonchev–Trinajstić information content (AvgIpc) is 2.70. The normalized spacial score (nSPS) is 19.4. The molecule has 2 N–H and O–H groups in total. The summed E-state index contributed by atoms with van der Waals surface area (Å²) in [4.78, 5) is 10.8. The Morgan fingerprint density at radius 2 is 1.89 bits per heavy atom. The van der Waals surface area contributed by atoms with Gasteiger partial charge in [-0.1, -0.05) is 13.8 Å². The summed E-state index contributed by atoms with van der Waals surface area (Å²) in [5.74, 6) is 1.79. The molecule has 0 aromatic carbocycles. The van der Waals surface area contributed by atoms with E-state index in [-0.39, 0.29) is 0 Å². The smallest absolute Gasteiger partial charge is 0.123 e. The van der Waals surface area contributed by atoms with Crippen LogP contribution in [0.25, 0.3) is 0 Å². The molecule has 2 rings (SSSR count). The van der Waals surface area contributed by atoms with Crippen molar-refractivity contribution in [2.75, 3.05) is 26.2 Å². The van der Waals surface area contributed by atoms with Crippen LogP contribution >= 0.6 is 0 Å². The van der Waals surface area contributed by atoms with Crippen molar-refractivity contribution >= 4 is 0 Å². The molecule has 1 fully saturated rings. The number of nitrogens with zero attached hydrogens (tertiary/aromatic N) is 2. The van der Waals surface area contributed by atoms with Crippen molar-refractivity contribution in [3.05, 3.63) is 17.2 Å². The molecule has 4 nitrogen and oxygen atoms in total. The van der Waals surface area contributed by atoms with E-state index in [1.165, 1.54) is 11.4 Å². The van der Waals surface area contributed by atoms with Crippen LogP contribution in [-0.2, 0) is 6.42 Å². The van der Waals surface area contributed by atoms with Gasteiger partial charge in [0.2, 0.25) is 0 Å². The highest BCUT2D eigenvalue weighted by Crippen LogP contribution is 2.20. The maximum Gasteiger partial charge on any atom is 0.123 e. The second-order valence-corrected chi connectivity index (χ2v) is 5.75. The van der Waals surface area contributed by atoms with E-state index >= 15 is 0 Å². The summed E-state index contributed by atoms with van der Waals surface area (Å²) in [6.07, 6.45) is 1.07. The average molecular weight is 250 g/mol. The van der Waals surface area contributed by atoms with Gasteiger partial charge in [0.25, 0.3) is 0 Å². The van der Waals surface area contributed by atoms with E-state index in [1.807, 2.05) is 0 Å². The van der Waals surface area contributed by atoms with Gasteiger partial charge in [0.05, 0.1) is 11.7 Å². The van der Waals surface area contributed by atoms with Crippen molar-refractivity contribution < 1.29 is 0 Å². The monoisotopic (exact) mass is 250 g/mol. The number of H-pyrrole nitrogens is 1. The Kier molecular flexibility index (Phi) is 4.40. The van der Waals surface area contributed by atoms with Crippen molar-refractivity contribution in [3.8, 4) is 0 Å². The fourth-order valence-corrected chi connectivity index (χ4v) is 2.55. The molecule has 1 aromatic rings. The Morgan fingerprint density at radius 3 is 2.50 bits per heavy atom. The highest BCUT2D eigenvalue weighted by molar-refractivity contribution is 5.15. The third-order valence-corrected chi connectivity index (χ3v) is 3.70. The van der Waals surface area contributed by atoms with Gasteiger partial charge in [-0.05, 0) is 26.2 Å². The second-order valence-electron chi connectivity index (χ2n) is 5.75. The van der Waals surface area contributed by atoms with Crippen molar-refractivity contribution in [2.45, 2.75) is 40.2 Å². The van der Waals surface area contributed by atoms with Crippen LogP contribution in [0.4, 0.5) is 0 Å². The largest absolute Gasteiger partial charge is 0.345 e. The first kappa shape index (κ1) is 13.6. The fraction of sp³-hybridized carbons (Fsp3) is 0.786. The van der Waals surface area contributed by atoms with Crippen LogP contribution in [-0.4, -0.2) is 41.0 Å². The Bertz CT molecular complexity index is 377. The van der Waals surface area contributed by atoms with Gasteiger partial charge < -0.3 is 10.3 Å². The van der Waals surface area contributed by atoms with Crippen LogP contribution in [0.15, 0.2) is 0 Å². The van der Waals surface area contributed by atoms with Crippen molar-refractivity contribution in [3.63, 3.8) is 0 Å². The summed E-state index contributed by atoms with van der Waals surface area (Å²) in [6, 6.07) is 0.395. The van der Waals surface area contributed by atoms with Gasteiger partial charge in [-0.3, -0.25) is 4.90 Å². The predicted molar refractivity (Wildman–Crippen MR) is 74.7 cm³/mol. The molecule has 1 aliphatic rings. The van der Waals surface area contributed by atoms with Gasteiger partial charge in [-0.15, -0.1) is 0 Å². The molecular formula is C14H26N4. The maximum atomic E-state index is 4.81. The standard InChI is InChI=1S/C14H26N4/c1-10(2)9-13-11(3)16-14(17-13)12(4)18-7-5-15-6-8-18/h10,12,15H,5-9H2,1-4H3,(H,16,17). The van der Waals surface area contributed by atoms with Crippen molar-refractivity contribution in [1.29, 1.82) is 0 Å². The lowest BCUT2D eigenvalue weighted by atomic mass is 10.1. The maximum absolute atomic E-state index is 4.81. The molecule has 18 heavy (non-hydrogen) atoms. The van der Waals surface area contributed by atoms with E-state index in [4.69, 9.17) is 4.98 Å². The number of rotatable bonds is 4. The molecule has 0 bridgehead atoms. The number of imidazole rings is 1. The number of hydrogen-bond donors (Lipinski definition) is 2. The quantitative estimate of drug-likeness (QED) is 0.857. The lowest BCUT2D eigenvalue weighted by Crippen LogP contribution is -2.44. The number of aromatic amines is 1. The number of nitrogens with one attached hydrogen (secondary N) is 2. The van der Waals surface area contributed by atoms with Gasteiger partial charge >= 0.3 is 0 Å². The lowest BCUT2D eigenvalue weighted by molar-refractivity contribution is 0.179. The zero-order valence-corrected chi connectivity index (χ0v) is 12.1. The summed E-state index contributed by atoms with van der Waals surface area (Å²) >= 11 is 0. The van der Waals surface area contributed by atoms with Crippen LogP contribution in [0.3, 0.4) is 0 Å². The van der Waals surface area contributed by atoms with Crippen molar-refractivity contribution in [1.82, 2.24) is 20.2 Å². The van der Waals surface area contributed by atoms with Gasteiger partial charge in [0, 0.05) is 31.9 Å². The van der Waals surface area contributed by atoms with Gasteiger partial charge in [0.15, 0.2) is 0 Å². The molecular weight excluding hydrogens is 224 g/mol. The molecule has 1 aliphatic heterocycles. The van der Waals surface area contributed by atoms with E-state index in [9.17, 15) is 0 Å². The van der Waals surface area contributed by atoms with E-state index in [1.54, 1.807) is 0 Å². The molecule has 4 heteroatoms. The molecule has 2 heterocycles. The second kappa shape index (κ2) is 5.85. The predicted octanol–water partition coefficient (Wildman–Crippen LogP) is 1.88. The lowest BCUT2D eigenvalue weighted by Gasteiger charge is -2.31. The molecule has 102 valence electrons. The summed E-state index contributed by atoms with van der Waals surface area (Å²) in [6.45, 7) is 13.3. The minimum absolute atomic E-state index is 0.395. The van der Waals surface area contributed by atoms with Crippen LogP contribution in [0.2, 0.25) is 0 Å². The highest BCUT2D eigenvalue weighted by atomic mass is 15.2. The number of piperazine rings is 1. The minimum atomic E-state index is 0.395. The molecule has 1 saturated heterocycles. The van der Waals surface area contributed by atoms with Crippen LogP contribution in [0, 0.1) is 12.8 Å². The van der Waals surface area contributed by atoms with Crippen LogP contribution in [0.5, 0.6) is 0 Å². The summed E-state index contributed by atoms with van der Waals surface area (Å²) in [5.41, 5.74) is 2.47. The topological polar surface area (TPSA) is 44.0 Å². The Balaban J connectivity index is 2.07. The van der Waals surface area contributed by atoms with Gasteiger partial charge in [0.1, 0.15) is 5.82 Å². The zero-order valence-electron chi connectivity index (χ0n) is 12.1. The minimum Gasteiger partial charge on any atom is -0.345 e.